The second-order valence-electron chi connectivity index (χ2n) is 4.38. The van der Waals surface area contributed by atoms with Crippen LogP contribution in [0.4, 0.5) is 0 Å². The number of nitrogens with two attached hydrogens (primary N) is 1. The van der Waals surface area contributed by atoms with Gasteiger partial charge in [0.25, 0.3) is 5.91 Å². The van der Waals surface area contributed by atoms with E-state index in [2.05, 4.69) is 21.4 Å². The first-order valence-electron chi connectivity index (χ1n) is 6.09. The number of ether oxygens (including phenoxy) is 1. The molecule has 0 aromatic heterocycles. The number of carbonyl (C=O) groups excluding carboxylic acids is 1. The Kier molecular flexibility index (Phi) is 4.76. The highest BCUT2D eigenvalue weighted by Crippen LogP contribution is 2.21. The first-order valence-corrected chi connectivity index (χ1v) is 6.88. The van der Waals surface area contributed by atoms with Crippen molar-refractivity contribution in [2.75, 3.05) is 0 Å². The van der Waals surface area contributed by atoms with Crippen molar-refractivity contribution in [3.8, 4) is 5.75 Å². The molecule has 2 rings (SSSR count). The molecule has 20 heavy (non-hydrogen) atoms. The number of nitrogen functional groups attached to an aromatic ring is 1. The Morgan fingerprint density at radius 2 is 2.10 bits per heavy atom. The van der Waals surface area contributed by atoms with Crippen molar-refractivity contribution in [1.82, 2.24) is 5.43 Å². The molecule has 0 saturated heterocycles. The Morgan fingerprint density at radius 1 is 1.30 bits per heavy atom. The molecule has 5 heteroatoms. The van der Waals surface area contributed by atoms with Crippen molar-refractivity contribution < 1.29 is 9.53 Å². The largest absolute Gasteiger partial charge is 0.489 e. The van der Waals surface area contributed by atoms with Crippen LogP contribution in [0.3, 0.4) is 0 Å². The Bertz CT molecular complexity index is 629. The van der Waals surface area contributed by atoms with Crippen LogP contribution in [0.15, 0.2) is 46.9 Å². The number of nitrogens with one attached hydrogen (secondary N) is 1. The van der Waals surface area contributed by atoms with Crippen LogP contribution in [-0.2, 0) is 6.61 Å². The zero-order valence-corrected chi connectivity index (χ0v) is 12.6. The molecular weight excluding hydrogens is 320 g/mol. The number of amides is 1. The zero-order valence-electron chi connectivity index (χ0n) is 11.0. The predicted octanol–water partition coefficient (Wildman–Crippen LogP) is 2.94. The predicted molar refractivity (Wildman–Crippen MR) is 81.3 cm³/mol. The van der Waals surface area contributed by atoms with Gasteiger partial charge in [0.2, 0.25) is 0 Å². The van der Waals surface area contributed by atoms with E-state index >= 15 is 0 Å². The van der Waals surface area contributed by atoms with E-state index in [0.717, 1.165) is 21.3 Å². The molecule has 4 nitrogen and oxygen atoms in total. The second-order valence-corrected chi connectivity index (χ2v) is 5.24. The smallest absolute Gasteiger partial charge is 0.265 e. The Balaban J connectivity index is 2.08. The summed E-state index contributed by atoms with van der Waals surface area (Å²) in [5.41, 5.74) is 4.71. The van der Waals surface area contributed by atoms with Gasteiger partial charge in [-0.15, -0.1) is 0 Å². The molecule has 0 aliphatic carbocycles. The maximum absolute atomic E-state index is 11.4. The summed E-state index contributed by atoms with van der Waals surface area (Å²) in [5.74, 6) is 5.60. The summed E-state index contributed by atoms with van der Waals surface area (Å²) in [6, 6.07) is 13.1. The Morgan fingerprint density at radius 3 is 2.75 bits per heavy atom. The summed E-state index contributed by atoms with van der Waals surface area (Å²) in [5, 5.41) is 0. The number of carbonyl (C=O) groups is 1. The van der Waals surface area contributed by atoms with Crippen molar-refractivity contribution in [3.05, 3.63) is 63.6 Å². The fraction of sp³-hybridized carbons (Fsp3) is 0.133. The van der Waals surface area contributed by atoms with Crippen LogP contribution in [0.5, 0.6) is 5.75 Å². The third kappa shape index (κ3) is 3.59. The lowest BCUT2D eigenvalue weighted by Gasteiger charge is -2.09. The highest BCUT2D eigenvalue weighted by atomic mass is 79.9. The van der Waals surface area contributed by atoms with Crippen molar-refractivity contribution in [2.24, 2.45) is 5.84 Å². The molecule has 0 fully saturated rings. The first kappa shape index (κ1) is 14.6. The molecule has 104 valence electrons. The summed E-state index contributed by atoms with van der Waals surface area (Å²) in [6.07, 6.45) is 0. The molecule has 3 N–H and O–H groups in total. The van der Waals surface area contributed by atoms with E-state index in [-0.39, 0.29) is 5.91 Å². The first-order chi connectivity index (χ1) is 9.60. The number of hydrazine groups is 1. The van der Waals surface area contributed by atoms with Crippen LogP contribution in [0.1, 0.15) is 21.5 Å². The minimum Gasteiger partial charge on any atom is -0.489 e. The molecule has 0 unspecified atom stereocenters. The Hall–Kier alpha value is -1.85. The monoisotopic (exact) mass is 334 g/mol. The van der Waals surface area contributed by atoms with Gasteiger partial charge in [0.1, 0.15) is 12.4 Å². The zero-order chi connectivity index (χ0) is 14.5. The summed E-state index contributed by atoms with van der Waals surface area (Å²) < 4.78 is 6.54. The van der Waals surface area contributed by atoms with Crippen molar-refractivity contribution in [1.29, 1.82) is 0 Å². The van der Waals surface area contributed by atoms with Gasteiger partial charge in [-0.05, 0) is 36.8 Å². The van der Waals surface area contributed by atoms with Gasteiger partial charge in [0.05, 0.1) is 0 Å². The van der Waals surface area contributed by atoms with Crippen LogP contribution < -0.4 is 16.0 Å². The molecule has 2 aromatic carbocycles. The van der Waals surface area contributed by atoms with Gasteiger partial charge >= 0.3 is 0 Å². The number of hydrogen-bond donors (Lipinski definition) is 2. The Labute approximate surface area is 126 Å². The number of aryl methyl sites for hydroxylation is 1. The average Bonchev–Trinajstić information content (AvgIpc) is 2.45. The summed E-state index contributed by atoms with van der Waals surface area (Å²) in [6.45, 7) is 2.44. The van der Waals surface area contributed by atoms with Gasteiger partial charge in [0.15, 0.2) is 0 Å². The van der Waals surface area contributed by atoms with Crippen LogP contribution in [0.25, 0.3) is 0 Å². The fourth-order valence-corrected chi connectivity index (χ4v) is 2.25. The molecule has 0 aliphatic rings. The molecule has 0 atom stereocenters. The summed E-state index contributed by atoms with van der Waals surface area (Å²) in [4.78, 5) is 11.4. The van der Waals surface area contributed by atoms with Crippen molar-refractivity contribution >= 4 is 21.8 Å². The van der Waals surface area contributed by atoms with Crippen LogP contribution in [0.2, 0.25) is 0 Å². The lowest BCUT2D eigenvalue weighted by atomic mass is 10.1. The lowest BCUT2D eigenvalue weighted by Crippen LogP contribution is -2.29. The normalized spacial score (nSPS) is 10.2. The van der Waals surface area contributed by atoms with Gasteiger partial charge < -0.3 is 4.74 Å². The van der Waals surface area contributed by atoms with Crippen LogP contribution in [-0.4, -0.2) is 5.91 Å². The molecule has 2 aromatic rings. The third-order valence-electron chi connectivity index (χ3n) is 2.83. The van der Waals surface area contributed by atoms with E-state index in [4.69, 9.17) is 10.6 Å². The number of benzene rings is 2. The molecule has 1 amide bonds. The topological polar surface area (TPSA) is 64.3 Å². The van der Waals surface area contributed by atoms with Gasteiger partial charge in [-0.25, -0.2) is 5.84 Å². The van der Waals surface area contributed by atoms with Gasteiger partial charge in [0, 0.05) is 15.6 Å². The lowest BCUT2D eigenvalue weighted by molar-refractivity contribution is 0.0953. The SMILES string of the molecule is Cc1cccc(OCc2ccc(C(=O)NN)cc2Br)c1. The maximum Gasteiger partial charge on any atom is 0.265 e. The third-order valence-corrected chi connectivity index (χ3v) is 3.57. The van der Waals surface area contributed by atoms with Gasteiger partial charge in [-0.2, -0.15) is 0 Å². The molecule has 0 heterocycles. The second kappa shape index (κ2) is 6.54. The van der Waals surface area contributed by atoms with Crippen molar-refractivity contribution in [3.63, 3.8) is 0 Å². The fourth-order valence-electron chi connectivity index (χ4n) is 1.76. The molecule has 0 saturated carbocycles. The molecule has 0 bridgehead atoms. The van der Waals surface area contributed by atoms with Crippen LogP contribution >= 0.6 is 15.9 Å². The van der Waals surface area contributed by atoms with Gasteiger partial charge in [-0.1, -0.05) is 34.1 Å². The highest BCUT2D eigenvalue weighted by molar-refractivity contribution is 9.10. The molecule has 0 aliphatic heterocycles. The van der Waals surface area contributed by atoms with E-state index in [0.29, 0.717) is 12.2 Å². The molecule has 0 spiro atoms. The summed E-state index contributed by atoms with van der Waals surface area (Å²) >= 11 is 3.43. The minimum absolute atomic E-state index is 0.322. The van der Waals surface area contributed by atoms with E-state index in [1.807, 2.05) is 37.3 Å². The van der Waals surface area contributed by atoms with E-state index in [9.17, 15) is 4.79 Å². The number of rotatable bonds is 4. The van der Waals surface area contributed by atoms with Crippen LogP contribution in [0, 0.1) is 6.92 Å². The number of halogens is 1. The summed E-state index contributed by atoms with van der Waals surface area (Å²) in [7, 11) is 0. The van der Waals surface area contributed by atoms with E-state index < -0.39 is 0 Å². The maximum atomic E-state index is 11.4. The minimum atomic E-state index is -0.322. The van der Waals surface area contributed by atoms with Gasteiger partial charge in [-0.3, -0.25) is 10.2 Å². The average molecular weight is 335 g/mol. The molecule has 0 radical (unpaired) electrons. The number of hydrogen-bond acceptors (Lipinski definition) is 3. The van der Waals surface area contributed by atoms with E-state index in [1.54, 1.807) is 12.1 Å². The van der Waals surface area contributed by atoms with E-state index in [1.165, 1.54) is 0 Å². The van der Waals surface area contributed by atoms with Crippen molar-refractivity contribution in [2.45, 2.75) is 13.5 Å². The quantitative estimate of drug-likeness (QED) is 0.513. The molecular formula is C15H15BrN2O2. The highest BCUT2D eigenvalue weighted by Gasteiger charge is 2.07. The standard InChI is InChI=1S/C15H15BrN2O2/c1-10-3-2-4-13(7-10)20-9-12-6-5-11(8-14(12)16)15(19)18-17/h2-8H,9,17H2,1H3,(H,18,19).